The molecule has 0 aromatic heterocycles. The fraction of sp³-hybridized carbons (Fsp3) is 0.638. The summed E-state index contributed by atoms with van der Waals surface area (Å²) in [5.41, 5.74) is 0. The Labute approximate surface area is 753 Å². The van der Waals surface area contributed by atoms with E-state index >= 15 is 0 Å². The van der Waals surface area contributed by atoms with Crippen molar-refractivity contribution in [3.8, 4) is 0 Å². The molecule has 0 amide bonds. The first kappa shape index (κ1) is 141. The van der Waals surface area contributed by atoms with Crippen LogP contribution in [0.15, 0.2) is 122 Å². The number of allylic oxidation sites excluding steroid dienone is 20. The predicted octanol–water partition coefficient (Wildman–Crippen LogP) is 31.4. The molecule has 17 unspecified atom stereocenters. The van der Waals surface area contributed by atoms with Gasteiger partial charge >= 0.3 is 116 Å². The molecule has 0 aromatic rings. The van der Waals surface area contributed by atoms with Gasteiger partial charge in [-0.25, -0.2) is 0 Å². The number of ether oxygens (including phenoxy) is 1. The molecule has 13 aliphatic carbocycles. The van der Waals surface area contributed by atoms with Crippen LogP contribution in [0, 0.1) is 240 Å². The summed E-state index contributed by atoms with van der Waals surface area (Å²) in [5, 5.41) is 0. The zero-order chi connectivity index (χ0) is 59.5. The van der Waals surface area contributed by atoms with Gasteiger partial charge in [0, 0.05) is 39.1 Å². The van der Waals surface area contributed by atoms with Crippen molar-refractivity contribution in [3.63, 3.8) is 0 Å². The smallest absolute Gasteiger partial charge is 0 e. The summed E-state index contributed by atoms with van der Waals surface area (Å²) < 4.78 is 6.23. The Morgan fingerprint density at radius 1 is 0.330 bits per heavy atom. The predicted molar refractivity (Wildman–Crippen MR) is 470 cm³/mol. The monoisotopic (exact) mass is 2050 g/mol. The van der Waals surface area contributed by atoms with E-state index in [1.807, 2.05) is 0 Å². The number of hydrogen-bond donors (Lipinski definition) is 0. The first-order valence-electron chi connectivity index (χ1n) is 35.7. The molecule has 8 saturated carbocycles. The molecular formula is C94H175Cl2Hf2OPZr3. The number of hydrogen-bond acceptors (Lipinski definition) is 1. The van der Waals surface area contributed by atoms with Crippen LogP contribution < -0.4 is 0 Å². The first-order chi connectivity index (χ1) is 40.4. The molecule has 0 aromatic carbocycles. The van der Waals surface area contributed by atoms with E-state index in [1.165, 1.54) is 148 Å². The van der Waals surface area contributed by atoms with Gasteiger partial charge in [-0.2, -0.15) is 9.90 Å². The van der Waals surface area contributed by atoms with Crippen molar-refractivity contribution in [1.29, 1.82) is 0 Å². The Kier molecular flexibility index (Phi) is 109. The normalized spacial score (nSPS) is 31.6. The molecule has 1 nitrogen and oxygen atoms in total. The van der Waals surface area contributed by atoms with Crippen molar-refractivity contribution in [2.24, 2.45) is 136 Å². The molecule has 8 fully saturated rings. The minimum Gasteiger partial charge on any atom is 0 e. The summed E-state index contributed by atoms with van der Waals surface area (Å²) in [7, 11) is 9.87. The Balaban J connectivity index is -0.0000000666. The van der Waals surface area contributed by atoms with E-state index in [1.54, 1.807) is 0 Å². The van der Waals surface area contributed by atoms with Crippen LogP contribution in [-0.4, -0.2) is 13.2 Å². The van der Waals surface area contributed by atoms with Gasteiger partial charge in [0.25, 0.3) is 0 Å². The van der Waals surface area contributed by atoms with Crippen LogP contribution >= 0.6 is 26.9 Å². The molecular weight excluding hydrogens is 1880 g/mol. The van der Waals surface area contributed by atoms with Gasteiger partial charge in [0.05, 0.1) is 0 Å². The van der Waals surface area contributed by atoms with Gasteiger partial charge in [0.2, 0.25) is 0 Å². The van der Waals surface area contributed by atoms with E-state index in [9.17, 15) is 0 Å². The molecule has 0 aliphatic heterocycles. The summed E-state index contributed by atoms with van der Waals surface area (Å²) >= 11 is -0.826. The number of rotatable bonds is 10. The van der Waals surface area contributed by atoms with Crippen LogP contribution in [0.2, 0.25) is 0 Å². The maximum Gasteiger partial charge on any atom is 4.00 e. The van der Waals surface area contributed by atoms with Crippen LogP contribution in [0.5, 0.6) is 0 Å². The minimum absolute atomic E-state index is 0. The van der Waals surface area contributed by atoms with E-state index in [0.29, 0.717) is 5.92 Å². The molecule has 13 rings (SSSR count). The third-order valence-corrected chi connectivity index (χ3v) is 24.3. The van der Waals surface area contributed by atoms with E-state index < -0.39 is 20.8 Å². The molecule has 0 spiro atoms. The fourth-order valence-electron chi connectivity index (χ4n) is 18.4. The maximum absolute atomic E-state index is 6.23. The van der Waals surface area contributed by atoms with Gasteiger partial charge in [-0.1, -0.05) is 295 Å². The van der Waals surface area contributed by atoms with Crippen molar-refractivity contribution in [1.82, 2.24) is 0 Å². The summed E-state index contributed by atoms with van der Waals surface area (Å²) in [6.45, 7) is 27.9. The zero-order valence-corrected chi connectivity index (χ0v) is 89.4. The second-order valence-corrected chi connectivity index (χ2v) is 32.8. The molecule has 596 valence electrons. The van der Waals surface area contributed by atoms with Crippen LogP contribution in [-0.2, 0) is 130 Å². The van der Waals surface area contributed by atoms with E-state index in [2.05, 4.69) is 198 Å². The van der Waals surface area contributed by atoms with Crippen molar-refractivity contribution >= 4 is 26.9 Å². The molecule has 103 heavy (non-hydrogen) atoms. The van der Waals surface area contributed by atoms with E-state index in [0.717, 1.165) is 143 Å². The third kappa shape index (κ3) is 45.6. The molecule has 0 bridgehead atoms. The van der Waals surface area contributed by atoms with Gasteiger partial charge < -0.3 is 109 Å². The molecule has 0 saturated heterocycles. The Hall–Kier alpha value is 2.76. The van der Waals surface area contributed by atoms with Gasteiger partial charge in [-0.3, -0.25) is 0 Å². The molecule has 9 heteroatoms. The van der Waals surface area contributed by atoms with Crippen LogP contribution in [0.3, 0.4) is 0 Å². The topological polar surface area (TPSA) is 9.23 Å². The number of halogens is 2. The Morgan fingerprint density at radius 3 is 0.893 bits per heavy atom. The summed E-state index contributed by atoms with van der Waals surface area (Å²) in [6.07, 6.45) is 79.3. The van der Waals surface area contributed by atoms with Gasteiger partial charge in [0.1, 0.15) is 0 Å². The van der Waals surface area contributed by atoms with E-state index in [4.69, 9.17) is 21.8 Å². The SMILES string of the molecule is C.CC1C(C)C(C)C(C)C1C.CC1CC(COCC2CCC3C=CC=CC32)C2C=CC=CC12.CC1CCC2C=CC=CC12.CCC1CCC2C=CC=CC21.CCC1CCC2C=CC=CC21.CCCC1CCCC1.CCCC1CCCC1.P.[CH3-].[CH3-].[CH3-].[CH3-].[CH3-].[CH3-].[CH3-].[CH3-].[CH3-].[CH3-].[CH3-].[CH3-].[CH3-].[CH3-].[Cl][Zr+2][Cl].[Hf+4].[Hf].[Zr+4].[Zr+4]. The second kappa shape index (κ2) is 80.0. The van der Waals surface area contributed by atoms with Crippen LogP contribution in [0.4, 0.5) is 0 Å². The summed E-state index contributed by atoms with van der Waals surface area (Å²) in [4.78, 5) is 0. The molecule has 17 atom stereocenters. The number of fused-ring (bicyclic) bond motifs is 5. The van der Waals surface area contributed by atoms with Crippen LogP contribution in [0.1, 0.15) is 231 Å². The molecule has 0 heterocycles. The molecule has 0 N–H and O–H groups in total. The minimum atomic E-state index is -0.826. The first-order valence-corrected chi connectivity index (χ1v) is 42.0. The van der Waals surface area contributed by atoms with E-state index in [-0.39, 0.29) is 225 Å². The van der Waals surface area contributed by atoms with Gasteiger partial charge in [-0.15, -0.1) is 0 Å². The summed E-state index contributed by atoms with van der Waals surface area (Å²) in [6, 6.07) is 0. The van der Waals surface area contributed by atoms with Crippen molar-refractivity contribution in [2.45, 2.75) is 231 Å². The molecule has 0 radical (unpaired) electrons. The van der Waals surface area contributed by atoms with Crippen molar-refractivity contribution < 1.29 is 130 Å². The zero-order valence-electron chi connectivity index (χ0n) is 71.9. The fourth-order valence-corrected chi connectivity index (χ4v) is 18.4. The average Bonchev–Trinajstić information content (AvgIpc) is 1.68. The van der Waals surface area contributed by atoms with Gasteiger partial charge in [-0.05, 0) is 194 Å². The molecule has 13 aliphatic rings. The third-order valence-electron chi connectivity index (χ3n) is 24.3. The second-order valence-electron chi connectivity index (χ2n) is 29.1. The van der Waals surface area contributed by atoms with Gasteiger partial charge in [0.15, 0.2) is 0 Å². The standard InChI is InChI=1S/C21H28O.2C11H16.C10H14.C10H20.2C8H16.CH4.14CH3.2ClH.2Hf.H3P.3Zr/c1-15-12-18(21-9-5-4-7-19(15)21)14-22-13-17-11-10-16-6-2-3-8-20(16)17;2*1-2-9-7-8-10-5-3-4-6-11(9)10;1-8-6-7-9-4-2-3-5-10(8)9;1-6-7(2)9(4)10(5)8(6)3;2*1-2-5-8-6-3-4-7-8;;;;;;;;;;;;;;;;;;;;;;;/h2-9,15-21H,10-14H2,1H3;2*3-6,9-11H,2,7-8H2,1H3;2-5,8-10H,6-7H2,1H3;6-10H,1-5H3;2*8H,2-7H2,1H3;1H4;14*1H3;2*1H;;;1H3;;;/q;;;;;;;;14*-1;;;;+4;;3*+4/p-2. The van der Waals surface area contributed by atoms with Crippen molar-refractivity contribution in [3.05, 3.63) is 225 Å². The van der Waals surface area contributed by atoms with Crippen molar-refractivity contribution in [2.75, 3.05) is 13.2 Å². The maximum atomic E-state index is 6.23. The Morgan fingerprint density at radius 2 is 0.583 bits per heavy atom. The quantitative estimate of drug-likeness (QED) is 0.120. The average molecular weight is 2050 g/mol. The van der Waals surface area contributed by atoms with Crippen LogP contribution in [0.25, 0.3) is 0 Å². The Bertz CT molecular complexity index is 2000. The summed E-state index contributed by atoms with van der Waals surface area (Å²) in [5.74, 6) is 20.3. The largest absolute Gasteiger partial charge is 4.00 e.